The first-order valence-corrected chi connectivity index (χ1v) is 6.55. The Morgan fingerprint density at radius 1 is 0.818 bits per heavy atom. The van der Waals surface area contributed by atoms with Crippen LogP contribution in [-0.4, -0.2) is 24.1 Å². The lowest BCUT2D eigenvalue weighted by Crippen LogP contribution is -2.08. The number of hydrogen-bond donors (Lipinski definition) is 0. The molecule has 2 aromatic rings. The van der Waals surface area contributed by atoms with Gasteiger partial charge in [0.15, 0.2) is 12.6 Å². The van der Waals surface area contributed by atoms with Crippen molar-refractivity contribution < 1.29 is 23.9 Å². The lowest BCUT2D eigenvalue weighted by atomic mass is 9.95. The highest BCUT2D eigenvalue weighted by atomic mass is 16.5. The Labute approximate surface area is 125 Å². The summed E-state index contributed by atoms with van der Waals surface area (Å²) >= 11 is 0. The molecule has 5 nitrogen and oxygen atoms in total. The van der Waals surface area contributed by atoms with E-state index < -0.39 is 11.6 Å². The van der Waals surface area contributed by atoms with Gasteiger partial charge in [-0.2, -0.15) is 0 Å². The summed E-state index contributed by atoms with van der Waals surface area (Å²) in [6, 6.07) is 9.54. The second-order valence-electron chi connectivity index (χ2n) is 4.89. The molecule has 1 aliphatic heterocycles. The molecule has 0 bridgehead atoms. The van der Waals surface area contributed by atoms with Crippen LogP contribution in [0.2, 0.25) is 0 Å². The van der Waals surface area contributed by atoms with Crippen LogP contribution in [-0.2, 0) is 16.0 Å². The number of fused-ring (bicyclic) bond motifs is 2. The number of carbonyl (C=O) groups is 4. The summed E-state index contributed by atoms with van der Waals surface area (Å²) in [6.45, 7) is 0. The molecule has 0 unspecified atom stereocenters. The van der Waals surface area contributed by atoms with Gasteiger partial charge in [0.25, 0.3) is 0 Å². The minimum atomic E-state index is -0.599. The van der Waals surface area contributed by atoms with Crippen molar-refractivity contribution in [3.05, 3.63) is 58.7 Å². The molecular formula is C17H10O5. The molecule has 22 heavy (non-hydrogen) atoms. The molecule has 1 heterocycles. The number of ketones is 2. The maximum atomic E-state index is 11.4. The van der Waals surface area contributed by atoms with E-state index in [0.29, 0.717) is 29.0 Å². The van der Waals surface area contributed by atoms with Crippen LogP contribution in [0.3, 0.4) is 0 Å². The van der Waals surface area contributed by atoms with Crippen LogP contribution < -0.4 is 4.74 Å². The molecular weight excluding hydrogens is 284 g/mol. The standard InChI is InChI=1S/C17H10O5/c18-8-14(20)10-1-3-16-12(5-10)7-13-6-11(15(21)9-19)2-4-17(13)22-16/h1-6,8-9H,7H2. The number of carbonyl (C=O) groups excluding carboxylic acids is 4. The molecule has 0 radical (unpaired) electrons. The molecule has 0 saturated carbocycles. The number of ether oxygens (including phenoxy) is 1. The van der Waals surface area contributed by atoms with Crippen LogP contribution in [0.1, 0.15) is 31.8 Å². The summed E-state index contributed by atoms with van der Waals surface area (Å²) in [4.78, 5) is 44.0. The van der Waals surface area contributed by atoms with E-state index in [1.807, 2.05) is 0 Å². The van der Waals surface area contributed by atoms with Gasteiger partial charge in [0.2, 0.25) is 11.6 Å². The predicted octanol–water partition coefficient (Wildman–Crippen LogP) is 2.15. The van der Waals surface area contributed by atoms with Gasteiger partial charge in [-0.15, -0.1) is 0 Å². The van der Waals surface area contributed by atoms with Crippen LogP contribution >= 0.6 is 0 Å². The normalized spacial score (nSPS) is 11.6. The van der Waals surface area contributed by atoms with E-state index in [1.54, 1.807) is 24.3 Å². The van der Waals surface area contributed by atoms with E-state index in [9.17, 15) is 19.2 Å². The Morgan fingerprint density at radius 3 is 1.68 bits per heavy atom. The summed E-state index contributed by atoms with van der Waals surface area (Å²) in [6.07, 6.45) is 0.977. The smallest absolute Gasteiger partial charge is 0.225 e. The summed E-state index contributed by atoms with van der Waals surface area (Å²) in [5.74, 6) is 0.00536. The molecule has 0 spiro atoms. The van der Waals surface area contributed by atoms with Crippen LogP contribution in [0.5, 0.6) is 11.5 Å². The quantitative estimate of drug-likeness (QED) is 0.418. The number of benzene rings is 2. The van der Waals surface area contributed by atoms with Gasteiger partial charge in [0.1, 0.15) is 11.5 Å². The third-order valence-corrected chi connectivity index (χ3v) is 3.50. The van der Waals surface area contributed by atoms with Gasteiger partial charge < -0.3 is 4.74 Å². The number of rotatable bonds is 4. The second kappa shape index (κ2) is 5.37. The molecule has 2 aromatic carbocycles. The Morgan fingerprint density at radius 2 is 1.27 bits per heavy atom. The van der Waals surface area contributed by atoms with Gasteiger partial charge in [-0.1, -0.05) is 0 Å². The Hall–Kier alpha value is -3.08. The van der Waals surface area contributed by atoms with E-state index in [0.717, 1.165) is 11.1 Å². The molecule has 0 amide bonds. The molecule has 1 aliphatic rings. The fourth-order valence-electron chi connectivity index (χ4n) is 2.40. The average molecular weight is 294 g/mol. The van der Waals surface area contributed by atoms with E-state index in [1.165, 1.54) is 12.1 Å². The maximum absolute atomic E-state index is 11.4. The third-order valence-electron chi connectivity index (χ3n) is 3.50. The molecule has 0 fully saturated rings. The third kappa shape index (κ3) is 2.33. The largest absolute Gasteiger partial charge is 0.457 e. The topological polar surface area (TPSA) is 77.5 Å². The van der Waals surface area contributed by atoms with Gasteiger partial charge in [-0.05, 0) is 36.4 Å². The van der Waals surface area contributed by atoms with Crippen molar-refractivity contribution >= 4 is 24.1 Å². The Bertz CT molecular complexity index is 752. The average Bonchev–Trinajstić information content (AvgIpc) is 2.57. The van der Waals surface area contributed by atoms with Gasteiger partial charge >= 0.3 is 0 Å². The van der Waals surface area contributed by atoms with Crippen molar-refractivity contribution in [3.8, 4) is 11.5 Å². The summed E-state index contributed by atoms with van der Waals surface area (Å²) in [5, 5.41) is 0. The fourth-order valence-corrected chi connectivity index (χ4v) is 2.40. The van der Waals surface area contributed by atoms with E-state index in [2.05, 4.69) is 0 Å². The summed E-state index contributed by atoms with van der Waals surface area (Å²) in [5.41, 5.74) is 2.08. The van der Waals surface area contributed by atoms with Crippen molar-refractivity contribution in [2.75, 3.05) is 0 Å². The SMILES string of the molecule is O=CC(=O)c1ccc2c(c1)Cc1cc(C(=O)C=O)ccc1O2. The van der Waals surface area contributed by atoms with Crippen LogP contribution in [0, 0.1) is 0 Å². The second-order valence-corrected chi connectivity index (χ2v) is 4.89. The molecule has 5 heteroatoms. The van der Waals surface area contributed by atoms with E-state index in [4.69, 9.17) is 4.74 Å². The monoisotopic (exact) mass is 294 g/mol. The first kappa shape index (κ1) is 13.9. The van der Waals surface area contributed by atoms with Crippen LogP contribution in [0.4, 0.5) is 0 Å². The highest BCUT2D eigenvalue weighted by molar-refractivity contribution is 6.33. The fraction of sp³-hybridized carbons (Fsp3) is 0.0588. The van der Waals surface area contributed by atoms with Crippen molar-refractivity contribution in [2.24, 2.45) is 0 Å². The minimum absolute atomic E-state index is 0.264. The highest BCUT2D eigenvalue weighted by Crippen LogP contribution is 2.37. The van der Waals surface area contributed by atoms with Crippen molar-refractivity contribution in [1.82, 2.24) is 0 Å². The molecule has 108 valence electrons. The first-order chi connectivity index (χ1) is 10.6. The molecule has 3 rings (SSSR count). The number of aldehydes is 2. The van der Waals surface area contributed by atoms with Crippen molar-refractivity contribution in [1.29, 1.82) is 0 Å². The predicted molar refractivity (Wildman–Crippen MR) is 76.6 cm³/mol. The maximum Gasteiger partial charge on any atom is 0.225 e. The van der Waals surface area contributed by atoms with E-state index in [-0.39, 0.29) is 12.6 Å². The number of Topliss-reactive ketones (excluding diaryl/α,β-unsaturated/α-hetero) is 2. The molecule has 0 aliphatic carbocycles. The molecule has 0 N–H and O–H groups in total. The number of hydrogen-bond acceptors (Lipinski definition) is 5. The Balaban J connectivity index is 2.00. The zero-order valence-electron chi connectivity index (χ0n) is 11.4. The van der Waals surface area contributed by atoms with Crippen molar-refractivity contribution in [3.63, 3.8) is 0 Å². The Kier molecular flexibility index (Phi) is 3.39. The van der Waals surface area contributed by atoms with Gasteiger partial charge in [0, 0.05) is 28.7 Å². The lowest BCUT2D eigenvalue weighted by Gasteiger charge is -2.21. The van der Waals surface area contributed by atoms with E-state index >= 15 is 0 Å². The highest BCUT2D eigenvalue weighted by Gasteiger charge is 2.20. The minimum Gasteiger partial charge on any atom is -0.457 e. The molecule has 0 saturated heterocycles. The summed E-state index contributed by atoms with van der Waals surface area (Å²) in [7, 11) is 0. The molecule has 0 atom stereocenters. The first-order valence-electron chi connectivity index (χ1n) is 6.55. The van der Waals surface area contributed by atoms with Crippen molar-refractivity contribution in [2.45, 2.75) is 6.42 Å². The zero-order chi connectivity index (χ0) is 15.7. The zero-order valence-corrected chi connectivity index (χ0v) is 11.4. The summed E-state index contributed by atoms with van der Waals surface area (Å²) < 4.78 is 5.71. The lowest BCUT2D eigenvalue weighted by molar-refractivity contribution is -0.105. The van der Waals surface area contributed by atoms with Gasteiger partial charge in [0.05, 0.1) is 0 Å². The van der Waals surface area contributed by atoms with Crippen LogP contribution in [0.15, 0.2) is 36.4 Å². The van der Waals surface area contributed by atoms with Crippen LogP contribution in [0.25, 0.3) is 0 Å². The molecule has 0 aromatic heterocycles. The van der Waals surface area contributed by atoms with Gasteiger partial charge in [-0.3, -0.25) is 19.2 Å². The van der Waals surface area contributed by atoms with Gasteiger partial charge in [-0.25, -0.2) is 0 Å².